The molecule has 30 heavy (non-hydrogen) atoms. The van der Waals surface area contributed by atoms with Gasteiger partial charge in [0, 0.05) is 0 Å². The molecule has 6 nitrogen and oxygen atoms in total. The second-order valence-corrected chi connectivity index (χ2v) is 18.5. The van der Waals surface area contributed by atoms with Crippen LogP contribution < -0.4 is 0 Å². The summed E-state index contributed by atoms with van der Waals surface area (Å²) in [4.78, 5) is 24.4. The van der Waals surface area contributed by atoms with Crippen LogP contribution in [0.4, 0.5) is 0 Å². The lowest BCUT2D eigenvalue weighted by atomic mass is 9.93. The molecule has 0 amide bonds. The minimum atomic E-state index is -1.92. The number of carbonyl (C=O) groups is 2. The van der Waals surface area contributed by atoms with E-state index < -0.39 is 40.7 Å². The average molecular weight is 455 g/mol. The highest BCUT2D eigenvalue weighted by atomic mass is 28.4. The molecule has 4 atom stereocenters. The Labute approximate surface area is 183 Å². The molecule has 0 aliphatic heterocycles. The first-order valence-corrected chi connectivity index (χ1v) is 17.1. The van der Waals surface area contributed by atoms with E-state index in [1.807, 2.05) is 38.1 Å². The van der Waals surface area contributed by atoms with Crippen LogP contribution in [0.5, 0.6) is 0 Å². The number of hydrogen-bond acceptors (Lipinski definition) is 6. The Kier molecular flexibility index (Phi) is 9.47. The fourth-order valence-corrected chi connectivity index (χ4v) is 5.38. The highest BCUT2D eigenvalue weighted by molar-refractivity contribution is 6.70. The fraction of sp³-hybridized carbons (Fsp3) is 0.636. The van der Waals surface area contributed by atoms with Crippen molar-refractivity contribution in [3.63, 3.8) is 0 Å². The summed E-state index contributed by atoms with van der Waals surface area (Å²) < 4.78 is 22.6. The molecule has 1 rings (SSSR count). The third-order valence-electron chi connectivity index (χ3n) is 4.61. The lowest BCUT2D eigenvalue weighted by Gasteiger charge is -2.32. The first-order chi connectivity index (χ1) is 13.7. The quantitative estimate of drug-likeness (QED) is 0.362. The summed E-state index contributed by atoms with van der Waals surface area (Å²) in [5.74, 6) is -1.48. The largest absolute Gasteiger partial charge is 0.469 e. The molecule has 1 aromatic carbocycles. The van der Waals surface area contributed by atoms with E-state index in [4.69, 9.17) is 18.3 Å². The minimum absolute atomic E-state index is 0.304. The van der Waals surface area contributed by atoms with Crippen LogP contribution in [0.25, 0.3) is 0 Å². The smallest absolute Gasteiger partial charge is 0.311 e. The number of carbonyl (C=O) groups excluding carboxylic acids is 2. The summed E-state index contributed by atoms with van der Waals surface area (Å²) in [6.45, 7) is 16.2. The van der Waals surface area contributed by atoms with E-state index in [1.165, 1.54) is 14.2 Å². The topological polar surface area (TPSA) is 71.1 Å². The maximum atomic E-state index is 12.2. The Balaban J connectivity index is 3.29. The molecule has 1 aromatic rings. The molecule has 0 aromatic heterocycles. The third kappa shape index (κ3) is 7.98. The van der Waals surface area contributed by atoms with E-state index in [-0.39, 0.29) is 11.9 Å². The third-order valence-corrected chi connectivity index (χ3v) is 6.53. The Hall–Kier alpha value is -1.49. The van der Waals surface area contributed by atoms with Gasteiger partial charge in [-0.3, -0.25) is 9.59 Å². The van der Waals surface area contributed by atoms with Gasteiger partial charge in [-0.2, -0.15) is 0 Å². The molecular formula is C22H38O6Si2. The fourth-order valence-electron chi connectivity index (χ4n) is 3.17. The number of methoxy groups -OCH3 is 2. The van der Waals surface area contributed by atoms with Crippen molar-refractivity contribution in [2.75, 3.05) is 14.2 Å². The normalized spacial score (nSPS) is 16.3. The maximum Gasteiger partial charge on any atom is 0.311 e. The molecule has 0 spiro atoms. The van der Waals surface area contributed by atoms with Gasteiger partial charge in [0.1, 0.15) is 0 Å². The van der Waals surface area contributed by atoms with Gasteiger partial charge in [0.2, 0.25) is 0 Å². The molecule has 0 fully saturated rings. The molecule has 8 heteroatoms. The van der Waals surface area contributed by atoms with E-state index in [9.17, 15) is 9.59 Å². The van der Waals surface area contributed by atoms with Crippen molar-refractivity contribution in [2.45, 2.75) is 65.3 Å². The van der Waals surface area contributed by atoms with Gasteiger partial charge in [0.15, 0.2) is 16.6 Å². The highest BCUT2D eigenvalue weighted by Gasteiger charge is 2.34. The van der Waals surface area contributed by atoms with Crippen molar-refractivity contribution in [1.82, 2.24) is 0 Å². The van der Waals surface area contributed by atoms with Gasteiger partial charge in [0.25, 0.3) is 0 Å². The van der Waals surface area contributed by atoms with Crippen LogP contribution in [0, 0.1) is 11.8 Å². The molecule has 0 radical (unpaired) electrons. The van der Waals surface area contributed by atoms with Gasteiger partial charge in [-0.25, -0.2) is 0 Å². The summed E-state index contributed by atoms with van der Waals surface area (Å²) in [6, 6.07) is 7.79. The van der Waals surface area contributed by atoms with Crippen LogP contribution in [0.1, 0.15) is 37.2 Å². The van der Waals surface area contributed by atoms with Crippen molar-refractivity contribution >= 4 is 28.6 Å². The Morgan fingerprint density at radius 3 is 1.13 bits per heavy atom. The second kappa shape index (κ2) is 10.7. The van der Waals surface area contributed by atoms with Gasteiger partial charge in [0.05, 0.1) is 38.3 Å². The summed E-state index contributed by atoms with van der Waals surface area (Å²) in [5, 5.41) is 0. The van der Waals surface area contributed by atoms with Gasteiger partial charge < -0.3 is 18.3 Å². The van der Waals surface area contributed by atoms with E-state index >= 15 is 0 Å². The second-order valence-electron chi connectivity index (χ2n) is 9.59. The van der Waals surface area contributed by atoms with E-state index in [1.54, 1.807) is 0 Å². The van der Waals surface area contributed by atoms with Crippen molar-refractivity contribution < 1.29 is 27.9 Å². The van der Waals surface area contributed by atoms with E-state index in [0.717, 1.165) is 11.1 Å². The van der Waals surface area contributed by atoms with Crippen molar-refractivity contribution in [3.8, 4) is 0 Å². The number of hydrogen-bond donors (Lipinski definition) is 0. The summed E-state index contributed by atoms with van der Waals surface area (Å²) in [6.07, 6.45) is -0.792. The van der Waals surface area contributed by atoms with Crippen LogP contribution in [0.3, 0.4) is 0 Å². The monoisotopic (exact) mass is 454 g/mol. The molecule has 0 saturated heterocycles. The zero-order chi connectivity index (χ0) is 23.3. The minimum Gasteiger partial charge on any atom is -0.469 e. The molecule has 0 N–H and O–H groups in total. The molecule has 0 aliphatic rings. The number of esters is 2. The molecule has 4 unspecified atom stereocenters. The lowest BCUT2D eigenvalue weighted by Crippen LogP contribution is -2.34. The first-order valence-electron chi connectivity index (χ1n) is 10.3. The van der Waals surface area contributed by atoms with Crippen molar-refractivity contribution in [2.24, 2.45) is 11.8 Å². The average Bonchev–Trinajstić information content (AvgIpc) is 2.66. The predicted molar refractivity (Wildman–Crippen MR) is 123 cm³/mol. The zero-order valence-electron chi connectivity index (χ0n) is 20.1. The first kappa shape index (κ1) is 26.5. The van der Waals surface area contributed by atoms with Crippen molar-refractivity contribution in [3.05, 3.63) is 35.4 Å². The van der Waals surface area contributed by atoms with Crippen LogP contribution in [0.15, 0.2) is 24.3 Å². The molecule has 0 aliphatic carbocycles. The lowest BCUT2D eigenvalue weighted by molar-refractivity contribution is -0.149. The number of benzene rings is 1. The van der Waals surface area contributed by atoms with Crippen LogP contribution in [-0.4, -0.2) is 42.8 Å². The molecule has 0 bridgehead atoms. The summed E-state index contributed by atoms with van der Waals surface area (Å²) in [7, 11) is -1.06. The molecule has 0 heterocycles. The van der Waals surface area contributed by atoms with Crippen LogP contribution in [-0.2, 0) is 27.9 Å². The standard InChI is InChI=1S/C22H38O6Si2/c1-15(21(23)25-3)19(27-29(5,6)7)17-11-13-18(14-12-17)20(28-30(8,9)10)16(2)22(24)26-4/h11-16,19-20H,1-10H3. The Morgan fingerprint density at radius 1 is 0.667 bits per heavy atom. The Morgan fingerprint density at radius 2 is 0.933 bits per heavy atom. The number of ether oxygens (including phenoxy) is 2. The summed E-state index contributed by atoms with van der Waals surface area (Å²) in [5.41, 5.74) is 1.80. The van der Waals surface area contributed by atoms with Crippen molar-refractivity contribution in [1.29, 1.82) is 0 Å². The van der Waals surface area contributed by atoms with Crippen LogP contribution >= 0.6 is 0 Å². The van der Waals surface area contributed by atoms with Gasteiger partial charge in [-0.05, 0) is 64.3 Å². The number of rotatable bonds is 10. The molecular weight excluding hydrogens is 416 g/mol. The van der Waals surface area contributed by atoms with E-state index in [2.05, 4.69) is 39.3 Å². The van der Waals surface area contributed by atoms with Gasteiger partial charge >= 0.3 is 11.9 Å². The van der Waals surface area contributed by atoms with E-state index in [0.29, 0.717) is 0 Å². The van der Waals surface area contributed by atoms with Gasteiger partial charge in [-0.15, -0.1) is 0 Å². The maximum absolute atomic E-state index is 12.2. The SMILES string of the molecule is COC(=O)C(C)C(O[Si](C)(C)C)c1ccc(C(O[Si](C)(C)C)C(C)C(=O)OC)cc1. The highest BCUT2D eigenvalue weighted by Crippen LogP contribution is 2.34. The van der Waals surface area contributed by atoms with Crippen LogP contribution in [0.2, 0.25) is 39.3 Å². The zero-order valence-corrected chi connectivity index (χ0v) is 22.1. The predicted octanol–water partition coefficient (Wildman–Crippen LogP) is 5.09. The Bertz CT molecular complexity index is 645. The van der Waals surface area contributed by atoms with Gasteiger partial charge in [-0.1, -0.05) is 24.3 Å². The molecule has 170 valence electrons. The molecule has 0 saturated carbocycles. The summed E-state index contributed by atoms with van der Waals surface area (Å²) >= 11 is 0.